The molecule has 0 unspecified atom stereocenters. The Morgan fingerprint density at radius 2 is 2.12 bits per heavy atom. The van der Waals surface area contributed by atoms with Crippen molar-refractivity contribution in [3.63, 3.8) is 0 Å². The van der Waals surface area contributed by atoms with E-state index < -0.39 is 0 Å². The second kappa shape index (κ2) is 4.80. The van der Waals surface area contributed by atoms with Crippen LogP contribution in [0.1, 0.15) is 31.0 Å². The van der Waals surface area contributed by atoms with Crippen LogP contribution in [0.25, 0.3) is 27.8 Å². The van der Waals surface area contributed by atoms with Gasteiger partial charge in [-0.2, -0.15) is 0 Å². The molecule has 5 rings (SSSR count). The number of hydrogen-bond acceptors (Lipinski definition) is 3. The summed E-state index contributed by atoms with van der Waals surface area (Å²) in [4.78, 5) is 12.4. The van der Waals surface area contributed by atoms with Gasteiger partial charge in [0.2, 0.25) is 0 Å². The number of H-pyrrole nitrogens is 1. The SMILES string of the molecule is Nc1nccn2c(C3CCC3)nc(-c3cc4cc(F)ccc4[nH]3)c12. The van der Waals surface area contributed by atoms with E-state index in [-0.39, 0.29) is 5.82 Å². The summed E-state index contributed by atoms with van der Waals surface area (Å²) < 4.78 is 15.5. The number of nitrogens with one attached hydrogen (secondary N) is 1. The quantitative estimate of drug-likeness (QED) is 0.589. The van der Waals surface area contributed by atoms with Crippen LogP contribution in [-0.4, -0.2) is 19.4 Å². The van der Waals surface area contributed by atoms with Gasteiger partial charge in [-0.1, -0.05) is 6.42 Å². The molecule has 24 heavy (non-hydrogen) atoms. The van der Waals surface area contributed by atoms with E-state index in [0.29, 0.717) is 11.7 Å². The first kappa shape index (κ1) is 13.5. The number of benzene rings is 1. The molecule has 1 aromatic carbocycles. The van der Waals surface area contributed by atoms with Crippen LogP contribution in [0, 0.1) is 5.82 Å². The van der Waals surface area contributed by atoms with Crippen LogP contribution in [0.4, 0.5) is 10.2 Å². The minimum atomic E-state index is -0.251. The normalized spacial score (nSPS) is 15.2. The standard InChI is InChI=1S/C18H16FN5/c19-12-4-5-13-11(8-12)9-14(22-13)15-16-17(20)21-6-7-24(16)18(23-15)10-2-1-3-10/h4-10,22H,1-3H2,(H2,20,21). The second-order valence-electron chi connectivity index (χ2n) is 6.39. The average molecular weight is 321 g/mol. The van der Waals surface area contributed by atoms with Crippen molar-refractivity contribution in [3.05, 3.63) is 48.3 Å². The fourth-order valence-electron chi connectivity index (χ4n) is 3.46. The van der Waals surface area contributed by atoms with Crippen molar-refractivity contribution in [2.75, 3.05) is 5.73 Å². The summed E-state index contributed by atoms with van der Waals surface area (Å²) >= 11 is 0. The van der Waals surface area contributed by atoms with Gasteiger partial charge in [0.1, 0.15) is 28.7 Å². The highest BCUT2D eigenvalue weighted by Crippen LogP contribution is 2.39. The Balaban J connectivity index is 1.78. The van der Waals surface area contributed by atoms with Crippen molar-refractivity contribution in [3.8, 4) is 11.4 Å². The first-order valence-electron chi connectivity index (χ1n) is 8.12. The molecule has 1 aliphatic rings. The van der Waals surface area contributed by atoms with E-state index in [1.807, 2.05) is 16.7 Å². The Labute approximate surface area is 137 Å². The van der Waals surface area contributed by atoms with Gasteiger partial charge in [-0.15, -0.1) is 0 Å². The van der Waals surface area contributed by atoms with Crippen molar-refractivity contribution >= 4 is 22.2 Å². The summed E-state index contributed by atoms with van der Waals surface area (Å²) in [6.07, 6.45) is 7.16. The van der Waals surface area contributed by atoms with Crippen LogP contribution < -0.4 is 5.73 Å². The predicted octanol–water partition coefficient (Wildman–Crippen LogP) is 3.87. The molecule has 3 aromatic heterocycles. The Morgan fingerprint density at radius 1 is 1.25 bits per heavy atom. The van der Waals surface area contributed by atoms with Gasteiger partial charge in [0.25, 0.3) is 0 Å². The van der Waals surface area contributed by atoms with Gasteiger partial charge in [-0.3, -0.25) is 4.40 Å². The van der Waals surface area contributed by atoms with Crippen LogP contribution >= 0.6 is 0 Å². The van der Waals surface area contributed by atoms with E-state index in [0.717, 1.165) is 46.5 Å². The third-order valence-electron chi connectivity index (χ3n) is 4.92. The maximum atomic E-state index is 13.5. The van der Waals surface area contributed by atoms with Crippen molar-refractivity contribution in [2.24, 2.45) is 0 Å². The number of halogens is 1. The fourth-order valence-corrected chi connectivity index (χ4v) is 3.46. The monoisotopic (exact) mass is 321 g/mol. The van der Waals surface area contributed by atoms with Crippen LogP contribution in [0.2, 0.25) is 0 Å². The third-order valence-corrected chi connectivity index (χ3v) is 4.92. The number of rotatable bonds is 2. The highest BCUT2D eigenvalue weighted by Gasteiger charge is 2.27. The zero-order chi connectivity index (χ0) is 16.3. The first-order chi connectivity index (χ1) is 11.7. The zero-order valence-corrected chi connectivity index (χ0v) is 13.0. The van der Waals surface area contributed by atoms with Gasteiger partial charge >= 0.3 is 0 Å². The zero-order valence-electron chi connectivity index (χ0n) is 13.0. The molecule has 120 valence electrons. The molecule has 1 aliphatic carbocycles. The minimum Gasteiger partial charge on any atom is -0.382 e. The van der Waals surface area contributed by atoms with Gasteiger partial charge in [0.15, 0.2) is 0 Å². The van der Waals surface area contributed by atoms with Crippen molar-refractivity contribution < 1.29 is 4.39 Å². The average Bonchev–Trinajstić information content (AvgIpc) is 3.08. The number of nitrogens with two attached hydrogens (primary N) is 1. The van der Waals surface area contributed by atoms with E-state index in [2.05, 4.69) is 9.97 Å². The van der Waals surface area contributed by atoms with E-state index in [1.165, 1.54) is 18.6 Å². The summed E-state index contributed by atoms with van der Waals surface area (Å²) in [5, 5.41) is 0.818. The lowest BCUT2D eigenvalue weighted by atomic mass is 9.85. The van der Waals surface area contributed by atoms with Crippen LogP contribution in [0.5, 0.6) is 0 Å². The van der Waals surface area contributed by atoms with Crippen LogP contribution in [0.3, 0.4) is 0 Å². The highest BCUT2D eigenvalue weighted by atomic mass is 19.1. The molecule has 1 saturated carbocycles. The van der Waals surface area contributed by atoms with Gasteiger partial charge < -0.3 is 10.7 Å². The summed E-state index contributed by atoms with van der Waals surface area (Å²) in [6, 6.07) is 6.62. The lowest BCUT2D eigenvalue weighted by Gasteiger charge is -2.23. The van der Waals surface area contributed by atoms with E-state index in [4.69, 9.17) is 10.7 Å². The molecule has 0 amide bonds. The number of imidazole rings is 1. The number of anilines is 1. The Morgan fingerprint density at radius 3 is 2.92 bits per heavy atom. The second-order valence-corrected chi connectivity index (χ2v) is 6.39. The molecule has 0 radical (unpaired) electrons. The van der Waals surface area contributed by atoms with E-state index >= 15 is 0 Å². The smallest absolute Gasteiger partial charge is 0.150 e. The van der Waals surface area contributed by atoms with Crippen molar-refractivity contribution in [1.29, 1.82) is 0 Å². The lowest BCUT2D eigenvalue weighted by molar-refractivity contribution is 0.400. The molecule has 4 aromatic rings. The van der Waals surface area contributed by atoms with Gasteiger partial charge in [-0.25, -0.2) is 14.4 Å². The maximum Gasteiger partial charge on any atom is 0.150 e. The molecule has 1 fully saturated rings. The molecule has 0 spiro atoms. The predicted molar refractivity (Wildman–Crippen MR) is 91.2 cm³/mol. The molecule has 3 heterocycles. The summed E-state index contributed by atoms with van der Waals surface area (Å²) in [7, 11) is 0. The van der Waals surface area contributed by atoms with Crippen LogP contribution in [0.15, 0.2) is 36.7 Å². The third kappa shape index (κ3) is 1.86. The van der Waals surface area contributed by atoms with E-state index in [1.54, 1.807) is 12.3 Å². The Hall–Kier alpha value is -2.89. The lowest BCUT2D eigenvalue weighted by Crippen LogP contribution is -2.12. The summed E-state index contributed by atoms with van der Waals surface area (Å²) in [5.74, 6) is 1.70. The number of aromatic amines is 1. The number of hydrogen-bond donors (Lipinski definition) is 2. The maximum absolute atomic E-state index is 13.5. The Kier molecular flexibility index (Phi) is 2.71. The number of nitrogens with zero attached hydrogens (tertiary/aromatic N) is 3. The molecule has 0 bridgehead atoms. The summed E-state index contributed by atoms with van der Waals surface area (Å²) in [6.45, 7) is 0. The Bertz CT molecular complexity index is 1070. The fraction of sp³-hybridized carbons (Fsp3) is 0.222. The minimum absolute atomic E-state index is 0.251. The molecule has 3 N–H and O–H groups in total. The number of nitrogen functional groups attached to an aromatic ring is 1. The molecule has 6 heteroatoms. The van der Waals surface area contributed by atoms with Crippen molar-refractivity contribution in [1.82, 2.24) is 19.4 Å². The number of aromatic nitrogens is 4. The van der Waals surface area contributed by atoms with Gasteiger partial charge in [0, 0.05) is 29.2 Å². The molecular formula is C18H16FN5. The topological polar surface area (TPSA) is 72.0 Å². The summed E-state index contributed by atoms with van der Waals surface area (Å²) in [5.41, 5.74) is 9.44. The van der Waals surface area contributed by atoms with Crippen molar-refractivity contribution in [2.45, 2.75) is 25.2 Å². The largest absolute Gasteiger partial charge is 0.382 e. The molecular weight excluding hydrogens is 305 g/mol. The van der Waals surface area contributed by atoms with Gasteiger partial charge in [-0.05, 0) is 37.1 Å². The first-order valence-corrected chi connectivity index (χ1v) is 8.12. The molecule has 0 saturated heterocycles. The van der Waals surface area contributed by atoms with E-state index in [9.17, 15) is 4.39 Å². The molecule has 0 aliphatic heterocycles. The molecule has 5 nitrogen and oxygen atoms in total. The van der Waals surface area contributed by atoms with Gasteiger partial charge in [0.05, 0.1) is 5.69 Å². The number of fused-ring (bicyclic) bond motifs is 2. The van der Waals surface area contributed by atoms with Crippen LogP contribution in [-0.2, 0) is 0 Å². The highest BCUT2D eigenvalue weighted by molar-refractivity contribution is 5.91. The molecule has 0 atom stereocenters.